The zero-order valence-electron chi connectivity index (χ0n) is 13.4. The molecule has 2 rings (SSSR count). The lowest BCUT2D eigenvalue weighted by Crippen LogP contribution is -2.40. The van der Waals surface area contributed by atoms with E-state index in [0.717, 1.165) is 18.0 Å². The highest BCUT2D eigenvalue weighted by atomic mass is 35.5. The Labute approximate surface area is 134 Å². The molecule has 1 aromatic carbocycles. The average molecular weight is 309 g/mol. The fourth-order valence-electron chi connectivity index (χ4n) is 3.35. The topological polar surface area (TPSA) is 15.3 Å². The predicted molar refractivity (Wildman–Crippen MR) is 92.0 cm³/mol. The predicted octanol–water partition coefficient (Wildman–Crippen LogP) is 4.65. The van der Waals surface area contributed by atoms with Crippen LogP contribution in [0.1, 0.15) is 57.6 Å². The maximum absolute atomic E-state index is 6.19. The first-order chi connectivity index (χ1) is 10.2. The van der Waals surface area contributed by atoms with Crippen molar-refractivity contribution in [3.05, 3.63) is 34.9 Å². The first-order valence-corrected chi connectivity index (χ1v) is 8.85. The van der Waals surface area contributed by atoms with Gasteiger partial charge in [0, 0.05) is 23.7 Å². The molecule has 0 amide bonds. The molecule has 0 aliphatic carbocycles. The van der Waals surface area contributed by atoms with E-state index in [9.17, 15) is 0 Å². The summed E-state index contributed by atoms with van der Waals surface area (Å²) in [6.07, 6.45) is 6.29. The van der Waals surface area contributed by atoms with E-state index in [4.69, 9.17) is 11.6 Å². The summed E-state index contributed by atoms with van der Waals surface area (Å²) in [5.74, 6) is 0. The van der Waals surface area contributed by atoms with Crippen LogP contribution in [-0.2, 0) is 0 Å². The van der Waals surface area contributed by atoms with Crippen molar-refractivity contribution in [2.24, 2.45) is 0 Å². The smallest absolute Gasteiger partial charge is 0.0409 e. The maximum atomic E-state index is 6.19. The SMILES string of the molecule is CCCCN(CC1CCCN1)C(CC)c1cccc(Cl)c1. The van der Waals surface area contributed by atoms with Gasteiger partial charge in [0.05, 0.1) is 0 Å². The summed E-state index contributed by atoms with van der Waals surface area (Å²) in [5, 5.41) is 4.49. The van der Waals surface area contributed by atoms with Gasteiger partial charge in [0.2, 0.25) is 0 Å². The molecule has 0 bridgehead atoms. The molecular formula is C18H29ClN2. The molecule has 1 heterocycles. The number of nitrogens with one attached hydrogen (secondary N) is 1. The lowest BCUT2D eigenvalue weighted by atomic mass is 10.0. The standard InChI is InChI=1S/C18H29ClN2/c1-3-5-12-21(14-17-10-7-11-20-17)18(4-2)15-8-6-9-16(19)13-15/h6,8-9,13,17-18,20H,3-5,7,10-12,14H2,1-2H3. The molecule has 1 aromatic rings. The van der Waals surface area contributed by atoms with Gasteiger partial charge in [0.25, 0.3) is 0 Å². The highest BCUT2D eigenvalue weighted by Crippen LogP contribution is 2.27. The maximum Gasteiger partial charge on any atom is 0.0409 e. The largest absolute Gasteiger partial charge is 0.313 e. The molecule has 1 saturated heterocycles. The minimum absolute atomic E-state index is 0.484. The molecular weight excluding hydrogens is 280 g/mol. The molecule has 2 nitrogen and oxygen atoms in total. The van der Waals surface area contributed by atoms with E-state index in [1.807, 2.05) is 6.07 Å². The van der Waals surface area contributed by atoms with Crippen LogP contribution in [0.25, 0.3) is 0 Å². The number of hydrogen-bond acceptors (Lipinski definition) is 2. The molecule has 21 heavy (non-hydrogen) atoms. The Balaban J connectivity index is 2.10. The Morgan fingerprint density at radius 2 is 2.24 bits per heavy atom. The number of rotatable bonds is 8. The Kier molecular flexibility index (Phi) is 7.01. The van der Waals surface area contributed by atoms with Crippen LogP contribution in [0.15, 0.2) is 24.3 Å². The minimum Gasteiger partial charge on any atom is -0.313 e. The third-order valence-corrected chi connectivity index (χ3v) is 4.71. The lowest BCUT2D eigenvalue weighted by molar-refractivity contribution is 0.173. The number of nitrogens with zero attached hydrogens (tertiary/aromatic N) is 1. The van der Waals surface area contributed by atoms with Gasteiger partial charge in [-0.15, -0.1) is 0 Å². The van der Waals surface area contributed by atoms with Crippen molar-refractivity contribution < 1.29 is 0 Å². The molecule has 2 atom stereocenters. The summed E-state index contributed by atoms with van der Waals surface area (Å²) in [4.78, 5) is 2.66. The van der Waals surface area contributed by atoms with Crippen LogP contribution in [0.4, 0.5) is 0 Å². The van der Waals surface area contributed by atoms with E-state index in [2.05, 4.69) is 42.3 Å². The molecule has 0 saturated carbocycles. The van der Waals surface area contributed by atoms with Gasteiger partial charge < -0.3 is 5.32 Å². The molecule has 1 fully saturated rings. The number of hydrogen-bond donors (Lipinski definition) is 1. The van der Waals surface area contributed by atoms with Gasteiger partial charge in [-0.05, 0) is 56.5 Å². The summed E-state index contributed by atoms with van der Waals surface area (Å²) in [5.41, 5.74) is 1.36. The third kappa shape index (κ3) is 4.98. The van der Waals surface area contributed by atoms with Crippen LogP contribution in [0.3, 0.4) is 0 Å². The number of halogens is 1. The molecule has 118 valence electrons. The van der Waals surface area contributed by atoms with Crippen molar-refractivity contribution in [3.63, 3.8) is 0 Å². The fraction of sp³-hybridized carbons (Fsp3) is 0.667. The molecule has 1 aliphatic rings. The van der Waals surface area contributed by atoms with Gasteiger partial charge in [-0.2, -0.15) is 0 Å². The minimum atomic E-state index is 0.484. The normalized spacial score (nSPS) is 20.1. The van der Waals surface area contributed by atoms with Crippen molar-refractivity contribution in [1.82, 2.24) is 10.2 Å². The van der Waals surface area contributed by atoms with Crippen LogP contribution >= 0.6 is 11.6 Å². The monoisotopic (exact) mass is 308 g/mol. The van der Waals surface area contributed by atoms with Crippen LogP contribution in [0, 0.1) is 0 Å². The van der Waals surface area contributed by atoms with E-state index >= 15 is 0 Å². The third-order valence-electron chi connectivity index (χ3n) is 4.48. The van der Waals surface area contributed by atoms with Crippen LogP contribution < -0.4 is 5.32 Å². The van der Waals surface area contributed by atoms with Crippen molar-refractivity contribution in [1.29, 1.82) is 0 Å². The first-order valence-electron chi connectivity index (χ1n) is 8.47. The zero-order valence-corrected chi connectivity index (χ0v) is 14.2. The van der Waals surface area contributed by atoms with E-state index in [0.29, 0.717) is 12.1 Å². The van der Waals surface area contributed by atoms with Gasteiger partial charge in [-0.1, -0.05) is 44.0 Å². The van der Waals surface area contributed by atoms with Crippen molar-refractivity contribution in [2.75, 3.05) is 19.6 Å². The number of unbranched alkanes of at least 4 members (excludes halogenated alkanes) is 1. The second kappa shape index (κ2) is 8.77. The van der Waals surface area contributed by atoms with E-state index in [1.54, 1.807) is 0 Å². The Hall–Kier alpha value is -0.570. The molecule has 3 heteroatoms. The summed E-state index contributed by atoms with van der Waals surface area (Å²) >= 11 is 6.19. The van der Waals surface area contributed by atoms with Crippen LogP contribution in [0.2, 0.25) is 5.02 Å². The second-order valence-corrected chi connectivity index (χ2v) is 6.56. The highest BCUT2D eigenvalue weighted by Gasteiger charge is 2.23. The number of benzene rings is 1. The molecule has 0 aromatic heterocycles. The molecule has 1 aliphatic heterocycles. The first kappa shape index (κ1) is 16.8. The Bertz CT molecular complexity index is 415. The van der Waals surface area contributed by atoms with Gasteiger partial charge in [0.1, 0.15) is 0 Å². The lowest BCUT2D eigenvalue weighted by Gasteiger charge is -2.33. The quantitative estimate of drug-likeness (QED) is 0.752. The second-order valence-electron chi connectivity index (χ2n) is 6.12. The molecule has 2 unspecified atom stereocenters. The molecule has 0 spiro atoms. The zero-order chi connectivity index (χ0) is 15.1. The van der Waals surface area contributed by atoms with Gasteiger partial charge >= 0.3 is 0 Å². The van der Waals surface area contributed by atoms with E-state index in [-0.39, 0.29) is 0 Å². The van der Waals surface area contributed by atoms with Crippen LogP contribution in [-0.4, -0.2) is 30.6 Å². The molecule has 0 radical (unpaired) electrons. The van der Waals surface area contributed by atoms with E-state index < -0.39 is 0 Å². The van der Waals surface area contributed by atoms with E-state index in [1.165, 1.54) is 44.3 Å². The van der Waals surface area contributed by atoms with Gasteiger partial charge in [0.15, 0.2) is 0 Å². The summed E-state index contributed by atoms with van der Waals surface area (Å²) in [7, 11) is 0. The van der Waals surface area contributed by atoms with Gasteiger partial charge in [-0.25, -0.2) is 0 Å². The highest BCUT2D eigenvalue weighted by molar-refractivity contribution is 6.30. The average Bonchev–Trinajstić information content (AvgIpc) is 2.98. The Morgan fingerprint density at radius 1 is 1.38 bits per heavy atom. The molecule has 1 N–H and O–H groups in total. The van der Waals surface area contributed by atoms with Crippen molar-refractivity contribution >= 4 is 11.6 Å². The summed E-state index contributed by atoms with van der Waals surface area (Å²) in [6, 6.07) is 9.55. The summed E-state index contributed by atoms with van der Waals surface area (Å²) in [6.45, 7) is 8.07. The van der Waals surface area contributed by atoms with Crippen LogP contribution in [0.5, 0.6) is 0 Å². The summed E-state index contributed by atoms with van der Waals surface area (Å²) < 4.78 is 0. The Morgan fingerprint density at radius 3 is 2.86 bits per heavy atom. The van der Waals surface area contributed by atoms with Crippen molar-refractivity contribution in [3.8, 4) is 0 Å². The van der Waals surface area contributed by atoms with Crippen molar-refractivity contribution in [2.45, 2.75) is 58.0 Å². The van der Waals surface area contributed by atoms with Gasteiger partial charge in [-0.3, -0.25) is 4.90 Å². The fourth-order valence-corrected chi connectivity index (χ4v) is 3.55.